The van der Waals surface area contributed by atoms with Gasteiger partial charge in [-0.05, 0) is 48.5 Å². The van der Waals surface area contributed by atoms with Crippen molar-refractivity contribution in [1.29, 1.82) is 0 Å². The topological polar surface area (TPSA) is 66.9 Å². The Labute approximate surface area is 165 Å². The lowest BCUT2D eigenvalue weighted by Gasteiger charge is -2.11. The van der Waals surface area contributed by atoms with E-state index in [1.165, 1.54) is 12.1 Å². The lowest BCUT2D eigenvalue weighted by Crippen LogP contribution is -2.17. The third kappa shape index (κ3) is 3.77. The molecule has 1 heterocycles. The predicted octanol–water partition coefficient (Wildman–Crippen LogP) is 5.42. The molecule has 0 saturated heterocycles. The number of aromatic nitrogens is 2. The molecule has 5 nitrogen and oxygen atoms in total. The summed E-state index contributed by atoms with van der Waals surface area (Å²) < 4.78 is 13.8. The van der Waals surface area contributed by atoms with Crippen LogP contribution in [0.4, 0.5) is 21.6 Å². The zero-order valence-corrected chi connectivity index (χ0v) is 15.2. The number of para-hydroxylation sites is 2. The fourth-order valence-corrected chi connectivity index (χ4v) is 2.81. The van der Waals surface area contributed by atoms with Gasteiger partial charge in [-0.3, -0.25) is 4.79 Å². The van der Waals surface area contributed by atoms with Crippen molar-refractivity contribution < 1.29 is 9.18 Å². The second-order valence-electron chi connectivity index (χ2n) is 5.98. The van der Waals surface area contributed by atoms with Crippen molar-refractivity contribution in [3.63, 3.8) is 0 Å². The van der Waals surface area contributed by atoms with Gasteiger partial charge in [0.1, 0.15) is 11.6 Å². The smallest absolute Gasteiger partial charge is 0.293 e. The zero-order chi connectivity index (χ0) is 19.5. The lowest BCUT2D eigenvalue weighted by atomic mass is 10.2. The van der Waals surface area contributed by atoms with E-state index in [1.807, 2.05) is 18.2 Å². The molecule has 0 aliphatic heterocycles. The minimum atomic E-state index is -0.602. The van der Waals surface area contributed by atoms with Crippen molar-refractivity contribution in [2.24, 2.45) is 0 Å². The Bertz CT molecular complexity index is 1160. The summed E-state index contributed by atoms with van der Waals surface area (Å²) in [5, 5.41) is 7.05. The van der Waals surface area contributed by atoms with Crippen LogP contribution in [-0.2, 0) is 0 Å². The van der Waals surface area contributed by atoms with Crippen molar-refractivity contribution in [2.45, 2.75) is 0 Å². The first kappa shape index (κ1) is 17.9. The van der Waals surface area contributed by atoms with Gasteiger partial charge in [-0.2, -0.15) is 0 Å². The van der Waals surface area contributed by atoms with E-state index in [-0.39, 0.29) is 11.5 Å². The molecule has 4 rings (SSSR count). The fraction of sp³-hybridized carbons (Fsp3) is 0. The van der Waals surface area contributed by atoms with Crippen LogP contribution < -0.4 is 10.6 Å². The molecule has 0 aliphatic carbocycles. The van der Waals surface area contributed by atoms with E-state index in [1.54, 1.807) is 42.5 Å². The number of hydrogen-bond acceptors (Lipinski definition) is 4. The molecule has 0 aliphatic rings. The van der Waals surface area contributed by atoms with E-state index in [9.17, 15) is 9.18 Å². The van der Waals surface area contributed by atoms with E-state index in [4.69, 9.17) is 11.6 Å². The molecule has 3 aromatic carbocycles. The average molecular weight is 393 g/mol. The first-order chi connectivity index (χ1) is 13.6. The van der Waals surface area contributed by atoms with E-state index < -0.39 is 11.7 Å². The number of halogens is 2. The molecule has 0 atom stereocenters. The molecule has 0 saturated carbocycles. The molecule has 2 N–H and O–H groups in total. The highest BCUT2D eigenvalue weighted by Gasteiger charge is 2.15. The van der Waals surface area contributed by atoms with Crippen molar-refractivity contribution in [3.05, 3.63) is 89.5 Å². The van der Waals surface area contributed by atoms with Gasteiger partial charge in [0.25, 0.3) is 5.91 Å². The average Bonchev–Trinajstić information content (AvgIpc) is 2.71. The van der Waals surface area contributed by atoms with Crippen LogP contribution in [0.5, 0.6) is 0 Å². The Hall–Kier alpha value is -3.51. The van der Waals surface area contributed by atoms with Crippen molar-refractivity contribution in [3.8, 4) is 0 Å². The van der Waals surface area contributed by atoms with Crippen LogP contribution in [0.3, 0.4) is 0 Å². The Morgan fingerprint density at radius 1 is 0.893 bits per heavy atom. The number of nitrogens with one attached hydrogen (secondary N) is 2. The molecule has 138 valence electrons. The quantitative estimate of drug-likeness (QED) is 0.486. The molecule has 0 bridgehead atoms. The van der Waals surface area contributed by atoms with Crippen LogP contribution in [0.15, 0.2) is 72.8 Å². The Kier molecular flexibility index (Phi) is 4.87. The fourth-order valence-electron chi connectivity index (χ4n) is 2.68. The number of hydrogen-bond donors (Lipinski definition) is 2. The Balaban J connectivity index is 1.72. The normalized spacial score (nSPS) is 10.6. The summed E-state index contributed by atoms with van der Waals surface area (Å²) in [6.07, 6.45) is 0. The molecule has 0 unspecified atom stereocenters. The monoisotopic (exact) mass is 392 g/mol. The minimum absolute atomic E-state index is 0.0662. The Morgan fingerprint density at radius 2 is 1.61 bits per heavy atom. The number of benzene rings is 3. The lowest BCUT2D eigenvalue weighted by molar-refractivity contribution is 0.101. The summed E-state index contributed by atoms with van der Waals surface area (Å²) in [5.74, 6) is -0.740. The summed E-state index contributed by atoms with van der Waals surface area (Å²) in [6, 6.07) is 20.3. The van der Waals surface area contributed by atoms with Gasteiger partial charge in [0.2, 0.25) is 5.82 Å². The van der Waals surface area contributed by atoms with Crippen LogP contribution >= 0.6 is 11.6 Å². The second kappa shape index (κ2) is 7.62. The standard InChI is InChI=1S/C21H14ClFN4O/c22-13-9-11-14(12-10-13)24-19-15-5-1-3-7-17(15)25-20(27-19)21(28)26-18-8-4-2-6-16(18)23/h1-12H,(H,26,28)(H,24,25,27). The maximum absolute atomic E-state index is 13.8. The highest BCUT2D eigenvalue weighted by Crippen LogP contribution is 2.25. The molecule has 0 radical (unpaired) electrons. The molecule has 4 aromatic rings. The molecule has 28 heavy (non-hydrogen) atoms. The van der Waals surface area contributed by atoms with Crippen molar-refractivity contribution in [1.82, 2.24) is 9.97 Å². The largest absolute Gasteiger partial charge is 0.340 e. The number of carbonyl (C=O) groups excluding carboxylic acids is 1. The van der Waals surface area contributed by atoms with E-state index >= 15 is 0 Å². The predicted molar refractivity (Wildman–Crippen MR) is 109 cm³/mol. The summed E-state index contributed by atoms with van der Waals surface area (Å²) in [4.78, 5) is 21.3. The van der Waals surface area contributed by atoms with Gasteiger partial charge < -0.3 is 10.6 Å². The Morgan fingerprint density at radius 3 is 2.39 bits per heavy atom. The molecular weight excluding hydrogens is 379 g/mol. The third-order valence-electron chi connectivity index (χ3n) is 4.04. The highest BCUT2D eigenvalue weighted by atomic mass is 35.5. The number of anilines is 3. The number of fused-ring (bicyclic) bond motifs is 1. The van der Waals surface area contributed by atoms with Gasteiger partial charge >= 0.3 is 0 Å². The molecule has 0 spiro atoms. The van der Waals surface area contributed by atoms with Crippen LogP contribution in [0.1, 0.15) is 10.6 Å². The van der Waals surface area contributed by atoms with Crippen molar-refractivity contribution in [2.75, 3.05) is 10.6 Å². The van der Waals surface area contributed by atoms with Gasteiger partial charge in [0, 0.05) is 16.1 Å². The number of amides is 1. The molecule has 1 aromatic heterocycles. The van der Waals surface area contributed by atoms with Gasteiger partial charge in [0.15, 0.2) is 0 Å². The van der Waals surface area contributed by atoms with E-state index in [2.05, 4.69) is 20.6 Å². The van der Waals surface area contributed by atoms with E-state index in [0.717, 1.165) is 11.1 Å². The van der Waals surface area contributed by atoms with Crippen LogP contribution in [-0.4, -0.2) is 15.9 Å². The number of nitrogens with zero attached hydrogens (tertiary/aromatic N) is 2. The van der Waals surface area contributed by atoms with Gasteiger partial charge in [-0.25, -0.2) is 14.4 Å². The summed E-state index contributed by atoms with van der Waals surface area (Å²) >= 11 is 5.93. The maximum atomic E-state index is 13.8. The minimum Gasteiger partial charge on any atom is -0.340 e. The van der Waals surface area contributed by atoms with E-state index in [0.29, 0.717) is 16.4 Å². The number of carbonyl (C=O) groups is 1. The van der Waals surface area contributed by atoms with Crippen LogP contribution in [0, 0.1) is 5.82 Å². The summed E-state index contributed by atoms with van der Waals surface area (Å²) in [6.45, 7) is 0. The zero-order valence-electron chi connectivity index (χ0n) is 14.5. The molecule has 7 heteroatoms. The molecular formula is C21H14ClFN4O. The summed E-state index contributed by atoms with van der Waals surface area (Å²) in [7, 11) is 0. The van der Waals surface area contributed by atoms with Gasteiger partial charge in [-0.15, -0.1) is 0 Å². The first-order valence-electron chi connectivity index (χ1n) is 8.45. The van der Waals surface area contributed by atoms with Gasteiger partial charge in [-0.1, -0.05) is 35.9 Å². The number of rotatable bonds is 4. The second-order valence-corrected chi connectivity index (χ2v) is 6.42. The first-order valence-corrected chi connectivity index (χ1v) is 8.83. The van der Waals surface area contributed by atoms with Crippen LogP contribution in [0.2, 0.25) is 5.02 Å². The van der Waals surface area contributed by atoms with Crippen LogP contribution in [0.25, 0.3) is 10.9 Å². The SMILES string of the molecule is O=C(Nc1ccccc1F)c1nc(Nc2ccc(Cl)cc2)c2ccccc2n1. The van der Waals surface area contributed by atoms with Gasteiger partial charge in [0.05, 0.1) is 11.2 Å². The molecule has 0 fully saturated rings. The summed E-state index contributed by atoms with van der Waals surface area (Å²) in [5.41, 5.74) is 1.41. The van der Waals surface area contributed by atoms with Crippen molar-refractivity contribution >= 4 is 45.6 Å². The highest BCUT2D eigenvalue weighted by molar-refractivity contribution is 6.30. The molecule has 1 amide bonds. The maximum Gasteiger partial charge on any atom is 0.293 e. The third-order valence-corrected chi connectivity index (χ3v) is 4.29.